The average molecular weight is 344 g/mol. The van der Waals surface area contributed by atoms with Crippen molar-refractivity contribution >= 4 is 11.7 Å². The second-order valence-corrected chi connectivity index (χ2v) is 5.60. The highest BCUT2D eigenvalue weighted by molar-refractivity contribution is 5.89. The van der Waals surface area contributed by atoms with E-state index in [1.165, 1.54) is 6.07 Å². The lowest BCUT2D eigenvalue weighted by Gasteiger charge is -2.08. The zero-order valence-corrected chi connectivity index (χ0v) is 14.0. The van der Waals surface area contributed by atoms with Gasteiger partial charge in [0.15, 0.2) is 0 Å². The summed E-state index contributed by atoms with van der Waals surface area (Å²) in [6, 6.07) is 22.9. The number of carbonyl (C=O) groups is 1. The van der Waals surface area contributed by atoms with Gasteiger partial charge in [-0.15, -0.1) is 0 Å². The number of anilines is 1. The fraction of sp³-hybridized carbons (Fsp3) is 0.0455. The van der Waals surface area contributed by atoms with Gasteiger partial charge >= 0.3 is 6.03 Å². The van der Waals surface area contributed by atoms with Gasteiger partial charge in [0, 0.05) is 28.9 Å². The highest BCUT2D eigenvalue weighted by Crippen LogP contribution is 2.10. The first-order valence-electron chi connectivity index (χ1n) is 8.16. The Kier molecular flexibility index (Phi) is 5.64. The third kappa shape index (κ3) is 4.96. The lowest BCUT2D eigenvalue weighted by Crippen LogP contribution is -2.28. The number of benzene rings is 3. The van der Waals surface area contributed by atoms with E-state index >= 15 is 0 Å². The summed E-state index contributed by atoms with van der Waals surface area (Å²) >= 11 is 0. The minimum absolute atomic E-state index is 0.117. The second kappa shape index (κ2) is 8.50. The van der Waals surface area contributed by atoms with Crippen molar-refractivity contribution < 1.29 is 9.18 Å². The molecule has 0 aliphatic carbocycles. The van der Waals surface area contributed by atoms with Crippen LogP contribution >= 0.6 is 0 Å². The van der Waals surface area contributed by atoms with E-state index in [1.54, 1.807) is 30.3 Å². The molecule has 3 aromatic rings. The molecule has 2 N–H and O–H groups in total. The molecule has 0 bridgehead atoms. The van der Waals surface area contributed by atoms with Crippen molar-refractivity contribution in [1.82, 2.24) is 5.32 Å². The number of hydrogen-bond acceptors (Lipinski definition) is 1. The Labute approximate surface area is 151 Å². The predicted octanol–water partition coefficient (Wildman–Crippen LogP) is 4.55. The van der Waals surface area contributed by atoms with Crippen molar-refractivity contribution in [1.29, 1.82) is 0 Å². The highest BCUT2D eigenvalue weighted by atomic mass is 19.1. The molecule has 0 aliphatic heterocycles. The van der Waals surface area contributed by atoms with Gasteiger partial charge in [-0.1, -0.05) is 54.3 Å². The SMILES string of the molecule is O=C(NCc1ccccc1F)Nc1cccc(C#Cc2ccccc2)c1. The zero-order chi connectivity index (χ0) is 18.2. The van der Waals surface area contributed by atoms with E-state index in [2.05, 4.69) is 22.5 Å². The standard InChI is InChI=1S/C22H17FN2O/c23-21-12-5-4-10-19(21)16-24-22(26)25-20-11-6-9-18(15-20)14-13-17-7-2-1-3-8-17/h1-12,15H,16H2,(H2,24,25,26). The normalized spacial score (nSPS) is 9.73. The summed E-state index contributed by atoms with van der Waals surface area (Å²) < 4.78 is 13.6. The van der Waals surface area contributed by atoms with Crippen LogP contribution in [0.25, 0.3) is 0 Å². The van der Waals surface area contributed by atoms with Gasteiger partial charge in [0.1, 0.15) is 5.82 Å². The van der Waals surface area contributed by atoms with Crippen molar-refractivity contribution in [2.75, 3.05) is 5.32 Å². The van der Waals surface area contributed by atoms with Gasteiger partial charge in [0.05, 0.1) is 0 Å². The monoisotopic (exact) mass is 344 g/mol. The van der Waals surface area contributed by atoms with Crippen LogP contribution in [0.3, 0.4) is 0 Å². The van der Waals surface area contributed by atoms with E-state index in [0.29, 0.717) is 11.3 Å². The Morgan fingerprint density at radius 3 is 2.35 bits per heavy atom. The molecule has 3 aromatic carbocycles. The summed E-state index contributed by atoms with van der Waals surface area (Å²) in [7, 11) is 0. The van der Waals surface area contributed by atoms with Crippen molar-refractivity contribution in [3.05, 3.63) is 101 Å². The Hall–Kier alpha value is -3.58. The summed E-state index contributed by atoms with van der Waals surface area (Å²) in [5.74, 6) is 5.80. The molecule has 0 aliphatic rings. The number of carbonyl (C=O) groups excluding carboxylic acids is 1. The van der Waals surface area contributed by atoms with Gasteiger partial charge in [0.25, 0.3) is 0 Å². The number of halogens is 1. The molecule has 0 heterocycles. The molecular weight excluding hydrogens is 327 g/mol. The molecular formula is C22H17FN2O. The Morgan fingerprint density at radius 1 is 0.846 bits per heavy atom. The van der Waals surface area contributed by atoms with E-state index in [0.717, 1.165) is 11.1 Å². The molecule has 3 rings (SSSR count). The first-order valence-corrected chi connectivity index (χ1v) is 8.16. The third-order valence-corrected chi connectivity index (χ3v) is 3.64. The van der Waals surface area contributed by atoms with E-state index in [1.807, 2.05) is 42.5 Å². The summed E-state index contributed by atoms with van der Waals surface area (Å²) in [6.07, 6.45) is 0. The van der Waals surface area contributed by atoms with Gasteiger partial charge in [0.2, 0.25) is 0 Å². The van der Waals surface area contributed by atoms with Crippen molar-refractivity contribution in [2.24, 2.45) is 0 Å². The van der Waals surface area contributed by atoms with Crippen LogP contribution in [0.5, 0.6) is 0 Å². The van der Waals surface area contributed by atoms with Crippen LogP contribution in [0, 0.1) is 17.7 Å². The van der Waals surface area contributed by atoms with Crippen molar-refractivity contribution in [3.8, 4) is 11.8 Å². The number of nitrogens with one attached hydrogen (secondary N) is 2. The Morgan fingerprint density at radius 2 is 1.54 bits per heavy atom. The largest absolute Gasteiger partial charge is 0.334 e. The van der Waals surface area contributed by atoms with Crippen LogP contribution in [0.1, 0.15) is 16.7 Å². The van der Waals surface area contributed by atoms with Gasteiger partial charge in [-0.05, 0) is 36.4 Å². The van der Waals surface area contributed by atoms with Gasteiger partial charge < -0.3 is 10.6 Å². The van der Waals surface area contributed by atoms with E-state index in [-0.39, 0.29) is 12.4 Å². The fourth-order valence-electron chi connectivity index (χ4n) is 2.33. The quantitative estimate of drug-likeness (QED) is 0.673. The predicted molar refractivity (Wildman–Crippen MR) is 101 cm³/mol. The maximum atomic E-state index is 13.6. The Balaban J connectivity index is 1.61. The van der Waals surface area contributed by atoms with E-state index < -0.39 is 6.03 Å². The lowest BCUT2D eigenvalue weighted by molar-refractivity contribution is 0.251. The van der Waals surface area contributed by atoms with Crippen LogP contribution < -0.4 is 10.6 Å². The van der Waals surface area contributed by atoms with Crippen molar-refractivity contribution in [3.63, 3.8) is 0 Å². The molecule has 0 unspecified atom stereocenters. The van der Waals surface area contributed by atoms with E-state index in [4.69, 9.17) is 0 Å². The molecule has 0 radical (unpaired) electrons. The molecule has 2 amide bonds. The lowest BCUT2D eigenvalue weighted by atomic mass is 10.1. The molecule has 0 saturated heterocycles. The van der Waals surface area contributed by atoms with E-state index in [9.17, 15) is 9.18 Å². The highest BCUT2D eigenvalue weighted by Gasteiger charge is 2.04. The summed E-state index contributed by atoms with van der Waals surface area (Å²) in [6.45, 7) is 0.117. The molecule has 26 heavy (non-hydrogen) atoms. The second-order valence-electron chi connectivity index (χ2n) is 5.60. The van der Waals surface area contributed by atoms with Gasteiger partial charge in [-0.3, -0.25) is 0 Å². The van der Waals surface area contributed by atoms with Gasteiger partial charge in [-0.2, -0.15) is 0 Å². The van der Waals surface area contributed by atoms with Gasteiger partial charge in [-0.25, -0.2) is 9.18 Å². The number of urea groups is 1. The molecule has 0 fully saturated rings. The topological polar surface area (TPSA) is 41.1 Å². The summed E-state index contributed by atoms with van der Waals surface area (Å²) in [5.41, 5.74) is 2.77. The molecule has 3 nitrogen and oxygen atoms in total. The smallest absolute Gasteiger partial charge is 0.319 e. The minimum Gasteiger partial charge on any atom is -0.334 e. The van der Waals surface area contributed by atoms with Crippen LogP contribution in [0.2, 0.25) is 0 Å². The number of rotatable bonds is 3. The zero-order valence-electron chi connectivity index (χ0n) is 14.0. The molecule has 0 aromatic heterocycles. The molecule has 0 saturated carbocycles. The average Bonchev–Trinajstić information content (AvgIpc) is 2.67. The maximum Gasteiger partial charge on any atom is 0.319 e. The summed E-state index contributed by atoms with van der Waals surface area (Å²) in [5, 5.41) is 5.37. The number of hydrogen-bond donors (Lipinski definition) is 2. The van der Waals surface area contributed by atoms with Crippen LogP contribution in [-0.4, -0.2) is 6.03 Å². The molecule has 128 valence electrons. The maximum absolute atomic E-state index is 13.6. The Bertz CT molecular complexity index is 958. The first kappa shape index (κ1) is 17.2. The number of amides is 2. The first-order chi connectivity index (χ1) is 12.7. The molecule has 0 atom stereocenters. The van der Waals surface area contributed by atoms with Crippen LogP contribution in [-0.2, 0) is 6.54 Å². The fourth-order valence-corrected chi connectivity index (χ4v) is 2.33. The molecule has 4 heteroatoms. The van der Waals surface area contributed by atoms with Crippen LogP contribution in [0.15, 0.2) is 78.9 Å². The molecule has 0 spiro atoms. The summed E-state index contributed by atoms with van der Waals surface area (Å²) in [4.78, 5) is 12.0. The minimum atomic E-state index is -0.401. The van der Waals surface area contributed by atoms with Crippen LogP contribution in [0.4, 0.5) is 14.9 Å². The van der Waals surface area contributed by atoms with Crippen molar-refractivity contribution in [2.45, 2.75) is 6.54 Å². The third-order valence-electron chi connectivity index (χ3n) is 3.64.